The molecule has 0 aliphatic carbocycles. The summed E-state index contributed by atoms with van der Waals surface area (Å²) in [6.07, 6.45) is 2.86. The standard InChI is InChI=1S/C28H33FN6O2/c1-4-26(27-31-32-33-35(27)17-23-6-5-11-37-23)34(15-20-7-9-22(29)10-8-20)16-21-14-24-19(3)12-18(2)13-25(24)30-28(21)36/h7-10,12-14,23,26H,4-6,11,15-17H2,1-3H3,(H,30,36)/t23-,26-/m1/s1. The van der Waals surface area contributed by atoms with Crippen molar-refractivity contribution in [1.29, 1.82) is 0 Å². The zero-order valence-corrected chi connectivity index (χ0v) is 21.6. The van der Waals surface area contributed by atoms with Gasteiger partial charge in [-0.15, -0.1) is 5.10 Å². The van der Waals surface area contributed by atoms with Gasteiger partial charge >= 0.3 is 0 Å². The monoisotopic (exact) mass is 504 g/mol. The molecule has 0 bridgehead atoms. The maximum atomic E-state index is 13.6. The number of tetrazole rings is 1. The Morgan fingerprint density at radius 2 is 2.00 bits per heavy atom. The van der Waals surface area contributed by atoms with E-state index in [1.807, 2.05) is 23.7 Å². The minimum Gasteiger partial charge on any atom is -0.376 e. The third kappa shape index (κ3) is 5.62. The van der Waals surface area contributed by atoms with Gasteiger partial charge in [-0.25, -0.2) is 9.07 Å². The van der Waals surface area contributed by atoms with Crippen LogP contribution in [0, 0.1) is 19.7 Å². The van der Waals surface area contributed by atoms with Crippen LogP contribution in [0.25, 0.3) is 10.9 Å². The lowest BCUT2D eigenvalue weighted by molar-refractivity contribution is 0.0888. The zero-order valence-electron chi connectivity index (χ0n) is 21.6. The number of hydrogen-bond donors (Lipinski definition) is 1. The molecule has 2 aromatic heterocycles. The van der Waals surface area contributed by atoms with Crippen LogP contribution in [0.1, 0.15) is 60.3 Å². The summed E-state index contributed by atoms with van der Waals surface area (Å²) in [7, 11) is 0. The number of hydrogen-bond acceptors (Lipinski definition) is 6. The molecule has 5 rings (SSSR count). The molecule has 0 spiro atoms. The highest BCUT2D eigenvalue weighted by molar-refractivity contribution is 5.83. The Morgan fingerprint density at radius 1 is 1.19 bits per heavy atom. The molecular formula is C28H33FN6O2. The van der Waals surface area contributed by atoms with Gasteiger partial charge in [0, 0.05) is 36.2 Å². The minimum absolute atomic E-state index is 0.0973. The average Bonchev–Trinajstić information content (AvgIpc) is 3.55. The number of rotatable bonds is 9. The van der Waals surface area contributed by atoms with E-state index in [4.69, 9.17) is 4.74 Å². The molecule has 0 unspecified atom stereocenters. The fourth-order valence-electron chi connectivity index (χ4n) is 5.32. The Labute approximate surface area is 215 Å². The molecule has 3 heterocycles. The van der Waals surface area contributed by atoms with Gasteiger partial charge in [0.15, 0.2) is 5.82 Å². The number of aromatic nitrogens is 5. The summed E-state index contributed by atoms with van der Waals surface area (Å²) in [6.45, 7) is 8.43. The van der Waals surface area contributed by atoms with Crippen LogP contribution in [0.2, 0.25) is 0 Å². The molecule has 9 heteroatoms. The molecule has 0 amide bonds. The number of ether oxygens (including phenoxy) is 1. The smallest absolute Gasteiger partial charge is 0.252 e. The molecule has 0 radical (unpaired) electrons. The molecule has 1 aliphatic rings. The Kier molecular flexibility index (Phi) is 7.43. The van der Waals surface area contributed by atoms with Gasteiger partial charge in [-0.3, -0.25) is 9.69 Å². The molecule has 1 N–H and O–H groups in total. The van der Waals surface area contributed by atoms with Gasteiger partial charge in [0.05, 0.1) is 18.7 Å². The first-order valence-corrected chi connectivity index (χ1v) is 12.9. The van der Waals surface area contributed by atoms with Crippen LogP contribution in [0.15, 0.2) is 47.3 Å². The minimum atomic E-state index is -0.278. The van der Waals surface area contributed by atoms with Gasteiger partial charge in [0.1, 0.15) is 5.82 Å². The number of pyridine rings is 1. The first-order valence-electron chi connectivity index (χ1n) is 12.9. The van der Waals surface area contributed by atoms with Crippen LogP contribution in [0.5, 0.6) is 0 Å². The van der Waals surface area contributed by atoms with Crippen molar-refractivity contribution >= 4 is 10.9 Å². The first kappa shape index (κ1) is 25.2. The Hall–Kier alpha value is -3.43. The van der Waals surface area contributed by atoms with E-state index in [0.29, 0.717) is 25.2 Å². The number of nitrogens with one attached hydrogen (secondary N) is 1. The van der Waals surface area contributed by atoms with Crippen molar-refractivity contribution in [2.75, 3.05) is 6.61 Å². The van der Waals surface area contributed by atoms with Crippen LogP contribution in [0.3, 0.4) is 0 Å². The van der Waals surface area contributed by atoms with Crippen LogP contribution >= 0.6 is 0 Å². The van der Waals surface area contributed by atoms with Crippen molar-refractivity contribution in [3.63, 3.8) is 0 Å². The molecule has 1 aliphatic heterocycles. The Morgan fingerprint density at radius 3 is 2.73 bits per heavy atom. The van der Waals surface area contributed by atoms with Gasteiger partial charge in [-0.2, -0.15) is 0 Å². The van der Waals surface area contributed by atoms with Gasteiger partial charge < -0.3 is 9.72 Å². The quantitative estimate of drug-likeness (QED) is 0.358. The van der Waals surface area contributed by atoms with Gasteiger partial charge in [0.25, 0.3) is 5.56 Å². The number of fused-ring (bicyclic) bond motifs is 1. The maximum Gasteiger partial charge on any atom is 0.252 e. The van der Waals surface area contributed by atoms with Crippen LogP contribution in [-0.4, -0.2) is 42.8 Å². The highest BCUT2D eigenvalue weighted by Crippen LogP contribution is 2.28. The molecule has 194 valence electrons. The normalized spacial score (nSPS) is 16.6. The third-order valence-corrected chi connectivity index (χ3v) is 7.15. The number of halogens is 1. The van der Waals surface area contributed by atoms with Gasteiger partial charge in [0.2, 0.25) is 0 Å². The molecule has 0 saturated carbocycles. The van der Waals surface area contributed by atoms with E-state index in [2.05, 4.69) is 45.3 Å². The second-order valence-corrected chi connectivity index (χ2v) is 9.98. The first-order chi connectivity index (χ1) is 17.9. The fourth-order valence-corrected chi connectivity index (χ4v) is 5.32. The lowest BCUT2D eigenvalue weighted by Crippen LogP contribution is -2.33. The Balaban J connectivity index is 1.51. The summed E-state index contributed by atoms with van der Waals surface area (Å²) in [6, 6.07) is 12.4. The van der Waals surface area contributed by atoms with E-state index in [9.17, 15) is 9.18 Å². The van der Waals surface area contributed by atoms with E-state index in [0.717, 1.165) is 59.3 Å². The average molecular weight is 505 g/mol. The van der Waals surface area contributed by atoms with Crippen molar-refractivity contribution in [3.8, 4) is 0 Å². The molecule has 37 heavy (non-hydrogen) atoms. The second-order valence-electron chi connectivity index (χ2n) is 9.98. The fraction of sp³-hybridized carbons (Fsp3) is 0.429. The zero-order chi connectivity index (χ0) is 25.9. The molecular weight excluding hydrogens is 471 g/mol. The highest BCUT2D eigenvalue weighted by Gasteiger charge is 2.28. The SMILES string of the molecule is CC[C@H](c1nnnn1C[C@H]1CCCO1)N(Cc1ccc(F)cc1)Cc1cc2c(C)cc(C)cc2[nH]c1=O. The summed E-state index contributed by atoms with van der Waals surface area (Å²) < 4.78 is 21.3. The topological polar surface area (TPSA) is 88.9 Å². The summed E-state index contributed by atoms with van der Waals surface area (Å²) in [5.74, 6) is 0.462. The van der Waals surface area contributed by atoms with Crippen molar-refractivity contribution in [2.45, 2.75) is 71.8 Å². The highest BCUT2D eigenvalue weighted by atomic mass is 19.1. The van der Waals surface area contributed by atoms with E-state index in [1.165, 1.54) is 12.1 Å². The van der Waals surface area contributed by atoms with Crippen molar-refractivity contribution < 1.29 is 9.13 Å². The number of aryl methyl sites for hydroxylation is 2. The molecule has 2 aromatic carbocycles. The lowest BCUT2D eigenvalue weighted by Gasteiger charge is -2.30. The van der Waals surface area contributed by atoms with Crippen molar-refractivity contribution in [2.24, 2.45) is 0 Å². The summed E-state index contributed by atoms with van der Waals surface area (Å²) in [5, 5.41) is 13.7. The molecule has 8 nitrogen and oxygen atoms in total. The maximum absolute atomic E-state index is 13.6. The largest absolute Gasteiger partial charge is 0.376 e. The van der Waals surface area contributed by atoms with Gasteiger partial charge in [-0.05, 0) is 84.5 Å². The van der Waals surface area contributed by atoms with E-state index in [1.54, 1.807) is 12.1 Å². The third-order valence-electron chi connectivity index (χ3n) is 7.15. The number of nitrogens with zero attached hydrogens (tertiary/aromatic N) is 5. The Bertz CT molecular complexity index is 1430. The van der Waals surface area contributed by atoms with Crippen LogP contribution in [0.4, 0.5) is 4.39 Å². The second kappa shape index (κ2) is 10.9. The van der Waals surface area contributed by atoms with E-state index in [-0.39, 0.29) is 23.5 Å². The molecule has 1 fully saturated rings. The predicted molar refractivity (Wildman–Crippen MR) is 140 cm³/mol. The summed E-state index contributed by atoms with van der Waals surface area (Å²) >= 11 is 0. The van der Waals surface area contributed by atoms with E-state index < -0.39 is 0 Å². The van der Waals surface area contributed by atoms with Crippen LogP contribution in [-0.2, 0) is 24.4 Å². The predicted octanol–water partition coefficient (Wildman–Crippen LogP) is 4.60. The number of H-pyrrole nitrogens is 1. The lowest BCUT2D eigenvalue weighted by atomic mass is 10.0. The molecule has 1 saturated heterocycles. The molecule has 2 atom stereocenters. The number of aromatic amines is 1. The van der Waals surface area contributed by atoms with Crippen LogP contribution < -0.4 is 5.56 Å². The summed E-state index contributed by atoms with van der Waals surface area (Å²) in [4.78, 5) is 18.5. The van der Waals surface area contributed by atoms with Crippen molar-refractivity contribution in [3.05, 3.63) is 86.7 Å². The van der Waals surface area contributed by atoms with E-state index >= 15 is 0 Å². The van der Waals surface area contributed by atoms with Gasteiger partial charge in [-0.1, -0.05) is 25.1 Å². The summed E-state index contributed by atoms with van der Waals surface area (Å²) in [5.41, 5.74) is 4.56. The van der Waals surface area contributed by atoms with Crippen molar-refractivity contribution in [1.82, 2.24) is 30.1 Å². The number of benzene rings is 2. The molecule has 4 aromatic rings.